The lowest BCUT2D eigenvalue weighted by Gasteiger charge is -2.11. The van der Waals surface area contributed by atoms with Crippen molar-refractivity contribution >= 4 is 34.7 Å². The van der Waals surface area contributed by atoms with Crippen LogP contribution in [0.5, 0.6) is 11.5 Å². The fourth-order valence-electron chi connectivity index (χ4n) is 1.73. The minimum absolute atomic E-state index is 0.205. The third-order valence-corrected chi connectivity index (χ3v) is 3.47. The molecule has 116 valence electrons. The number of rotatable bonds is 6. The van der Waals surface area contributed by atoms with Gasteiger partial charge in [0.05, 0.1) is 29.8 Å². The van der Waals surface area contributed by atoms with Gasteiger partial charge < -0.3 is 13.9 Å². The summed E-state index contributed by atoms with van der Waals surface area (Å²) in [6.45, 7) is 2.47. The van der Waals surface area contributed by atoms with Crippen molar-refractivity contribution < 1.29 is 18.7 Å². The number of amides is 1. The Labute approximate surface area is 141 Å². The highest BCUT2D eigenvalue weighted by Crippen LogP contribution is 2.33. The Morgan fingerprint density at radius 2 is 2.32 bits per heavy atom. The highest BCUT2D eigenvalue weighted by molar-refractivity contribution is 14.1. The van der Waals surface area contributed by atoms with E-state index in [9.17, 15) is 4.79 Å². The van der Waals surface area contributed by atoms with E-state index >= 15 is 0 Å². The van der Waals surface area contributed by atoms with Gasteiger partial charge in [-0.25, -0.2) is 5.43 Å². The normalized spacial score (nSPS) is 10.7. The molecule has 1 heterocycles. The van der Waals surface area contributed by atoms with E-state index in [0.29, 0.717) is 18.1 Å². The first-order valence-corrected chi connectivity index (χ1v) is 7.60. The van der Waals surface area contributed by atoms with Crippen LogP contribution in [0.4, 0.5) is 0 Å². The number of methoxy groups -OCH3 is 1. The molecule has 0 aliphatic heterocycles. The number of benzene rings is 1. The molecule has 0 spiro atoms. The monoisotopic (exact) mass is 414 g/mol. The zero-order chi connectivity index (χ0) is 15.9. The smallest absolute Gasteiger partial charge is 0.307 e. The maximum atomic E-state index is 11.7. The van der Waals surface area contributed by atoms with Gasteiger partial charge in [-0.15, -0.1) is 0 Å². The average molecular weight is 414 g/mol. The van der Waals surface area contributed by atoms with Crippen LogP contribution < -0.4 is 14.9 Å². The van der Waals surface area contributed by atoms with E-state index in [-0.39, 0.29) is 5.76 Å². The van der Waals surface area contributed by atoms with E-state index in [1.807, 2.05) is 13.0 Å². The van der Waals surface area contributed by atoms with Crippen molar-refractivity contribution in [3.05, 3.63) is 45.4 Å². The van der Waals surface area contributed by atoms with Gasteiger partial charge in [0.2, 0.25) is 0 Å². The molecule has 0 fully saturated rings. The topological polar surface area (TPSA) is 73.1 Å². The van der Waals surface area contributed by atoms with Gasteiger partial charge in [-0.05, 0) is 59.3 Å². The lowest BCUT2D eigenvalue weighted by Crippen LogP contribution is -2.16. The van der Waals surface area contributed by atoms with Crippen molar-refractivity contribution in [3.63, 3.8) is 0 Å². The van der Waals surface area contributed by atoms with Gasteiger partial charge in [0.15, 0.2) is 17.3 Å². The lowest BCUT2D eigenvalue weighted by molar-refractivity contribution is 0.0927. The number of nitrogens with zero attached hydrogens (tertiary/aromatic N) is 1. The van der Waals surface area contributed by atoms with Crippen LogP contribution in [0.2, 0.25) is 0 Å². The van der Waals surface area contributed by atoms with E-state index in [4.69, 9.17) is 13.9 Å². The third-order valence-electron chi connectivity index (χ3n) is 2.67. The largest absolute Gasteiger partial charge is 0.493 e. The maximum Gasteiger partial charge on any atom is 0.307 e. The second kappa shape index (κ2) is 7.83. The van der Waals surface area contributed by atoms with E-state index < -0.39 is 5.91 Å². The second-order valence-corrected chi connectivity index (χ2v) is 5.31. The Morgan fingerprint density at radius 3 is 2.95 bits per heavy atom. The Kier molecular flexibility index (Phi) is 5.82. The summed E-state index contributed by atoms with van der Waals surface area (Å²) in [5.74, 6) is 1.11. The molecule has 7 heteroatoms. The van der Waals surface area contributed by atoms with Crippen molar-refractivity contribution in [3.8, 4) is 11.5 Å². The fourth-order valence-corrected chi connectivity index (χ4v) is 2.51. The van der Waals surface area contributed by atoms with Crippen LogP contribution >= 0.6 is 22.6 Å². The Bertz CT molecular complexity index is 668. The zero-order valence-electron chi connectivity index (χ0n) is 12.1. The number of carbonyl (C=O) groups is 1. The van der Waals surface area contributed by atoms with Crippen LogP contribution in [-0.2, 0) is 0 Å². The highest BCUT2D eigenvalue weighted by atomic mass is 127. The molecule has 0 unspecified atom stereocenters. The molecular formula is C15H15IN2O4. The number of nitrogens with one attached hydrogen (secondary N) is 1. The number of furan rings is 1. The second-order valence-electron chi connectivity index (χ2n) is 4.14. The van der Waals surface area contributed by atoms with Crippen molar-refractivity contribution in [2.45, 2.75) is 6.92 Å². The van der Waals surface area contributed by atoms with Gasteiger partial charge in [0.25, 0.3) is 0 Å². The Hall–Kier alpha value is -2.03. The molecule has 0 aliphatic rings. The molecule has 22 heavy (non-hydrogen) atoms. The molecule has 0 saturated heterocycles. The maximum absolute atomic E-state index is 11.7. The predicted molar refractivity (Wildman–Crippen MR) is 90.6 cm³/mol. The van der Waals surface area contributed by atoms with Gasteiger partial charge in [-0.3, -0.25) is 4.79 Å². The van der Waals surface area contributed by atoms with Gasteiger partial charge in [0, 0.05) is 0 Å². The van der Waals surface area contributed by atoms with Crippen molar-refractivity contribution in [2.75, 3.05) is 13.7 Å². The van der Waals surface area contributed by atoms with Gasteiger partial charge >= 0.3 is 5.91 Å². The predicted octanol–water partition coefficient (Wildman–Crippen LogP) is 3.06. The van der Waals surface area contributed by atoms with Crippen LogP contribution in [0.25, 0.3) is 0 Å². The Balaban J connectivity index is 2.11. The quantitative estimate of drug-likeness (QED) is 0.448. The number of hydrazone groups is 1. The summed E-state index contributed by atoms with van der Waals surface area (Å²) >= 11 is 2.16. The SMILES string of the molecule is CCOc1c(I)cc(C=NNC(=O)c2ccco2)cc1OC. The molecule has 1 N–H and O–H groups in total. The van der Waals surface area contributed by atoms with Crippen LogP contribution in [-0.4, -0.2) is 25.8 Å². The average Bonchev–Trinajstić information content (AvgIpc) is 3.04. The molecular weight excluding hydrogens is 399 g/mol. The van der Waals surface area contributed by atoms with Crippen molar-refractivity contribution in [1.29, 1.82) is 0 Å². The molecule has 1 aromatic carbocycles. The molecule has 0 radical (unpaired) electrons. The number of hydrogen-bond acceptors (Lipinski definition) is 5. The summed E-state index contributed by atoms with van der Waals surface area (Å²) in [5.41, 5.74) is 3.17. The number of carbonyl (C=O) groups excluding carboxylic acids is 1. The third kappa shape index (κ3) is 4.00. The van der Waals surface area contributed by atoms with E-state index in [1.165, 1.54) is 12.5 Å². The number of hydrogen-bond donors (Lipinski definition) is 1. The first-order chi connectivity index (χ1) is 10.7. The molecule has 6 nitrogen and oxygen atoms in total. The molecule has 0 aliphatic carbocycles. The molecule has 1 aromatic heterocycles. The first kappa shape index (κ1) is 16.3. The molecule has 0 bridgehead atoms. The number of ether oxygens (including phenoxy) is 2. The fraction of sp³-hybridized carbons (Fsp3) is 0.200. The zero-order valence-corrected chi connectivity index (χ0v) is 14.3. The molecule has 2 rings (SSSR count). The van der Waals surface area contributed by atoms with Crippen molar-refractivity contribution in [1.82, 2.24) is 5.43 Å². The number of halogens is 1. The minimum Gasteiger partial charge on any atom is -0.493 e. The molecule has 2 aromatic rings. The summed E-state index contributed by atoms with van der Waals surface area (Å²) < 4.78 is 16.7. The first-order valence-electron chi connectivity index (χ1n) is 6.53. The summed E-state index contributed by atoms with van der Waals surface area (Å²) in [6.07, 6.45) is 2.96. The van der Waals surface area contributed by atoms with Crippen LogP contribution in [0, 0.1) is 3.57 Å². The van der Waals surface area contributed by atoms with Crippen molar-refractivity contribution in [2.24, 2.45) is 5.10 Å². The summed E-state index contributed by atoms with van der Waals surface area (Å²) in [5, 5.41) is 3.91. The van der Waals surface area contributed by atoms with Crippen LogP contribution in [0.15, 0.2) is 40.0 Å². The van der Waals surface area contributed by atoms with E-state index in [1.54, 1.807) is 25.3 Å². The standard InChI is InChI=1S/C15H15IN2O4/c1-3-21-14-11(16)7-10(8-13(14)20-2)9-17-18-15(19)12-5-4-6-22-12/h4-9H,3H2,1-2H3,(H,18,19). The molecule has 0 atom stereocenters. The Morgan fingerprint density at radius 1 is 1.50 bits per heavy atom. The molecule has 0 saturated carbocycles. The summed E-state index contributed by atoms with van der Waals surface area (Å²) in [4.78, 5) is 11.7. The van der Waals surface area contributed by atoms with Gasteiger partial charge in [0.1, 0.15) is 0 Å². The highest BCUT2D eigenvalue weighted by Gasteiger charge is 2.11. The van der Waals surface area contributed by atoms with Crippen LogP contribution in [0.1, 0.15) is 23.0 Å². The van der Waals surface area contributed by atoms with Gasteiger partial charge in [-0.2, -0.15) is 5.10 Å². The summed E-state index contributed by atoms with van der Waals surface area (Å²) in [7, 11) is 1.58. The lowest BCUT2D eigenvalue weighted by atomic mass is 10.2. The molecule has 1 amide bonds. The van der Waals surface area contributed by atoms with Crippen LogP contribution in [0.3, 0.4) is 0 Å². The van der Waals surface area contributed by atoms with E-state index in [2.05, 4.69) is 33.1 Å². The van der Waals surface area contributed by atoms with E-state index in [0.717, 1.165) is 9.13 Å². The summed E-state index contributed by atoms with van der Waals surface area (Å²) in [6, 6.07) is 6.87. The van der Waals surface area contributed by atoms with Gasteiger partial charge in [-0.1, -0.05) is 0 Å². The minimum atomic E-state index is -0.408.